The van der Waals surface area contributed by atoms with Gasteiger partial charge in [-0.2, -0.15) is 0 Å². The Balaban J connectivity index is 2.11. The van der Waals surface area contributed by atoms with Crippen LogP contribution in [0.1, 0.15) is 13.3 Å². The first-order chi connectivity index (χ1) is 12.2. The lowest BCUT2D eigenvalue weighted by Crippen LogP contribution is -2.21. The summed E-state index contributed by atoms with van der Waals surface area (Å²) in [5.74, 6) is 1.46. The fourth-order valence-corrected chi connectivity index (χ4v) is 3.46. The van der Waals surface area contributed by atoms with Gasteiger partial charge in [-0.15, -0.1) is 0 Å². The molecule has 1 N–H and O–H groups in total. The standard InChI is InChI=1S/C19H20N2O3S/c1-2-24-15-10-8-14(9-11-15)21-18(23)16-6-3-4-7-17(16)20-19(21)25-13-5-12-22/h3-4,6-11,22H,2,5,12-13H2,1H3. The van der Waals surface area contributed by atoms with Gasteiger partial charge in [0.05, 0.1) is 23.2 Å². The SMILES string of the molecule is CCOc1ccc(-n2c(SCCCO)nc3ccccc3c2=O)cc1. The van der Waals surface area contributed by atoms with Gasteiger partial charge >= 0.3 is 0 Å². The number of hydrogen-bond acceptors (Lipinski definition) is 5. The van der Waals surface area contributed by atoms with Crippen molar-refractivity contribution >= 4 is 22.7 Å². The van der Waals surface area contributed by atoms with Crippen LogP contribution in [-0.2, 0) is 0 Å². The first-order valence-electron chi connectivity index (χ1n) is 8.23. The van der Waals surface area contributed by atoms with Crippen molar-refractivity contribution in [2.24, 2.45) is 0 Å². The van der Waals surface area contributed by atoms with Crippen molar-refractivity contribution in [3.63, 3.8) is 0 Å². The van der Waals surface area contributed by atoms with Crippen molar-refractivity contribution in [1.29, 1.82) is 0 Å². The molecule has 1 heterocycles. The zero-order valence-electron chi connectivity index (χ0n) is 14.0. The second-order valence-electron chi connectivity index (χ2n) is 5.40. The fraction of sp³-hybridized carbons (Fsp3) is 0.263. The molecule has 0 saturated carbocycles. The smallest absolute Gasteiger partial charge is 0.266 e. The normalized spacial score (nSPS) is 11.0. The Morgan fingerprint density at radius 2 is 1.92 bits per heavy atom. The summed E-state index contributed by atoms with van der Waals surface area (Å²) in [4.78, 5) is 17.7. The minimum Gasteiger partial charge on any atom is -0.494 e. The molecule has 130 valence electrons. The predicted octanol–water partition coefficient (Wildman–Crippen LogP) is 3.26. The van der Waals surface area contributed by atoms with Crippen LogP contribution in [0.25, 0.3) is 16.6 Å². The van der Waals surface area contributed by atoms with Crippen LogP contribution >= 0.6 is 11.8 Å². The molecule has 0 spiro atoms. The number of aromatic nitrogens is 2. The highest BCUT2D eigenvalue weighted by molar-refractivity contribution is 7.99. The van der Waals surface area contributed by atoms with E-state index >= 15 is 0 Å². The molecule has 0 atom stereocenters. The largest absolute Gasteiger partial charge is 0.494 e. The third kappa shape index (κ3) is 3.86. The highest BCUT2D eigenvalue weighted by atomic mass is 32.2. The van der Waals surface area contributed by atoms with Gasteiger partial charge in [-0.3, -0.25) is 9.36 Å². The van der Waals surface area contributed by atoms with Gasteiger partial charge in [0.1, 0.15) is 5.75 Å². The van der Waals surface area contributed by atoms with Gasteiger partial charge in [0.2, 0.25) is 0 Å². The second kappa shape index (κ2) is 8.18. The number of benzene rings is 2. The van der Waals surface area contributed by atoms with Crippen LogP contribution in [0.5, 0.6) is 5.75 Å². The summed E-state index contributed by atoms with van der Waals surface area (Å²) >= 11 is 1.47. The number of nitrogens with zero attached hydrogens (tertiary/aromatic N) is 2. The summed E-state index contributed by atoms with van der Waals surface area (Å²) in [6, 6.07) is 14.8. The van der Waals surface area contributed by atoms with Crippen molar-refractivity contribution in [2.75, 3.05) is 19.0 Å². The van der Waals surface area contributed by atoms with Crippen LogP contribution in [0.15, 0.2) is 58.5 Å². The minimum atomic E-state index is -0.0961. The van der Waals surface area contributed by atoms with Gasteiger partial charge in [-0.25, -0.2) is 4.98 Å². The molecule has 1 aromatic heterocycles. The molecular weight excluding hydrogens is 336 g/mol. The van der Waals surface area contributed by atoms with Gasteiger partial charge in [0.25, 0.3) is 5.56 Å². The summed E-state index contributed by atoms with van der Waals surface area (Å²) in [7, 11) is 0. The molecule has 25 heavy (non-hydrogen) atoms. The van der Waals surface area contributed by atoms with Crippen molar-refractivity contribution in [3.8, 4) is 11.4 Å². The second-order valence-corrected chi connectivity index (χ2v) is 6.47. The lowest BCUT2D eigenvalue weighted by Gasteiger charge is -2.13. The van der Waals surface area contributed by atoms with Crippen molar-refractivity contribution in [3.05, 3.63) is 58.9 Å². The fourth-order valence-electron chi connectivity index (χ4n) is 2.52. The Labute approximate surface area is 150 Å². The molecule has 0 fully saturated rings. The van der Waals surface area contributed by atoms with Crippen molar-refractivity contribution < 1.29 is 9.84 Å². The number of ether oxygens (including phenoxy) is 1. The maximum atomic E-state index is 13.0. The predicted molar refractivity (Wildman–Crippen MR) is 101 cm³/mol. The van der Waals surface area contributed by atoms with E-state index in [-0.39, 0.29) is 12.2 Å². The third-order valence-electron chi connectivity index (χ3n) is 3.68. The summed E-state index contributed by atoms with van der Waals surface area (Å²) in [6.07, 6.45) is 0.649. The Morgan fingerprint density at radius 3 is 2.64 bits per heavy atom. The van der Waals surface area contributed by atoms with E-state index in [9.17, 15) is 4.79 Å². The molecule has 3 rings (SSSR count). The van der Waals surface area contributed by atoms with E-state index in [0.29, 0.717) is 34.8 Å². The maximum Gasteiger partial charge on any atom is 0.266 e. The lowest BCUT2D eigenvalue weighted by atomic mass is 10.2. The van der Waals surface area contributed by atoms with Gasteiger partial charge in [0.15, 0.2) is 5.16 Å². The molecule has 0 saturated heterocycles. The molecule has 0 amide bonds. The lowest BCUT2D eigenvalue weighted by molar-refractivity contribution is 0.296. The quantitative estimate of drug-likeness (QED) is 0.400. The highest BCUT2D eigenvalue weighted by Gasteiger charge is 2.13. The van der Waals surface area contributed by atoms with Gasteiger partial charge in [-0.1, -0.05) is 23.9 Å². The molecule has 0 bridgehead atoms. The van der Waals surface area contributed by atoms with E-state index in [1.165, 1.54) is 11.8 Å². The topological polar surface area (TPSA) is 64.3 Å². The van der Waals surface area contributed by atoms with Gasteiger partial charge in [-0.05, 0) is 49.7 Å². The van der Waals surface area contributed by atoms with Crippen molar-refractivity contribution in [2.45, 2.75) is 18.5 Å². The Morgan fingerprint density at radius 1 is 1.16 bits per heavy atom. The molecule has 2 aromatic carbocycles. The third-order valence-corrected chi connectivity index (χ3v) is 4.71. The number of aliphatic hydroxyl groups excluding tert-OH is 1. The summed E-state index contributed by atoms with van der Waals surface area (Å²) in [6.45, 7) is 2.65. The molecule has 0 aliphatic carbocycles. The average Bonchev–Trinajstić information content (AvgIpc) is 2.63. The maximum absolute atomic E-state index is 13.0. The van der Waals surface area contributed by atoms with E-state index in [4.69, 9.17) is 9.84 Å². The number of aliphatic hydroxyl groups is 1. The van der Waals surface area contributed by atoms with Crippen LogP contribution < -0.4 is 10.3 Å². The molecule has 0 unspecified atom stereocenters. The first-order valence-corrected chi connectivity index (χ1v) is 9.22. The Bertz CT molecular complexity index is 907. The summed E-state index contributed by atoms with van der Waals surface area (Å²) in [5.41, 5.74) is 1.33. The minimum absolute atomic E-state index is 0.0961. The zero-order valence-corrected chi connectivity index (χ0v) is 14.8. The average molecular weight is 356 g/mol. The van der Waals surface area contributed by atoms with Crippen LogP contribution in [0.3, 0.4) is 0 Å². The molecule has 0 aliphatic rings. The van der Waals surface area contributed by atoms with E-state index in [1.54, 1.807) is 10.6 Å². The van der Waals surface area contributed by atoms with Crippen LogP contribution in [0, 0.1) is 0 Å². The summed E-state index contributed by atoms with van der Waals surface area (Å²) < 4.78 is 7.10. The van der Waals surface area contributed by atoms with Gasteiger partial charge in [0, 0.05) is 12.4 Å². The van der Waals surface area contributed by atoms with Crippen LogP contribution in [-0.4, -0.2) is 33.6 Å². The Kier molecular flexibility index (Phi) is 5.73. The molecule has 0 radical (unpaired) electrons. The number of hydrogen-bond donors (Lipinski definition) is 1. The number of para-hydroxylation sites is 1. The van der Waals surface area contributed by atoms with Crippen LogP contribution in [0.2, 0.25) is 0 Å². The number of thioether (sulfide) groups is 1. The monoisotopic (exact) mass is 356 g/mol. The molecule has 3 aromatic rings. The highest BCUT2D eigenvalue weighted by Crippen LogP contribution is 2.23. The van der Waals surface area contributed by atoms with Gasteiger partial charge < -0.3 is 9.84 Å². The van der Waals surface area contributed by atoms with Crippen molar-refractivity contribution in [1.82, 2.24) is 9.55 Å². The van der Waals surface area contributed by atoms with Crippen LogP contribution in [0.4, 0.5) is 0 Å². The summed E-state index contributed by atoms with van der Waals surface area (Å²) in [5, 5.41) is 10.2. The molecular formula is C19H20N2O3S. The molecule has 6 heteroatoms. The van der Waals surface area contributed by atoms with E-state index in [2.05, 4.69) is 4.98 Å². The number of fused-ring (bicyclic) bond motifs is 1. The van der Waals surface area contributed by atoms with E-state index in [0.717, 1.165) is 11.4 Å². The Hall–Kier alpha value is -2.31. The van der Waals surface area contributed by atoms with E-state index < -0.39 is 0 Å². The first kappa shape index (κ1) is 17.5. The molecule has 0 aliphatic heterocycles. The molecule has 5 nitrogen and oxygen atoms in total. The number of rotatable bonds is 7. The zero-order chi connectivity index (χ0) is 17.6. The van der Waals surface area contributed by atoms with E-state index in [1.807, 2.05) is 49.4 Å².